The summed E-state index contributed by atoms with van der Waals surface area (Å²) >= 11 is 0. The summed E-state index contributed by atoms with van der Waals surface area (Å²) in [4.78, 5) is 23.5. The van der Waals surface area contributed by atoms with Crippen molar-refractivity contribution in [2.24, 2.45) is 5.73 Å². The van der Waals surface area contributed by atoms with Crippen LogP contribution in [0.5, 0.6) is 0 Å². The number of hydrogen-bond acceptors (Lipinski definition) is 6. The molecule has 10 heteroatoms. The van der Waals surface area contributed by atoms with Crippen molar-refractivity contribution < 1.29 is 22.7 Å². The van der Waals surface area contributed by atoms with E-state index in [1.54, 1.807) is 9.80 Å². The normalized spacial score (nSPS) is 15.9. The second kappa shape index (κ2) is 9.86. The number of hydrogen-bond donors (Lipinski definition) is 1. The molecule has 7 nitrogen and oxygen atoms in total. The first-order chi connectivity index (χ1) is 14.3. The van der Waals surface area contributed by atoms with Crippen molar-refractivity contribution in [3.63, 3.8) is 0 Å². The highest BCUT2D eigenvalue weighted by atomic mass is 19.4. The first-order valence-electron chi connectivity index (χ1n) is 9.62. The number of nitrogens with zero attached hydrogens (tertiary/aromatic N) is 4. The number of nitrogens with two attached hydrogens (primary N) is 1. The summed E-state index contributed by atoms with van der Waals surface area (Å²) in [5.74, 6) is 0.153. The minimum absolute atomic E-state index is 0.0706. The molecule has 1 atom stereocenters. The summed E-state index contributed by atoms with van der Waals surface area (Å²) in [6, 6.07) is 9.29. The molecule has 0 aliphatic carbocycles. The van der Waals surface area contributed by atoms with Crippen molar-refractivity contribution in [1.29, 1.82) is 0 Å². The van der Waals surface area contributed by atoms with Crippen molar-refractivity contribution in [2.45, 2.75) is 25.2 Å². The molecule has 2 heterocycles. The van der Waals surface area contributed by atoms with Crippen LogP contribution in [0.25, 0.3) is 0 Å². The van der Waals surface area contributed by atoms with Gasteiger partial charge in [-0.15, -0.1) is 0 Å². The number of aromatic nitrogens is 2. The van der Waals surface area contributed by atoms with Gasteiger partial charge in [-0.3, -0.25) is 4.79 Å². The Hall–Kier alpha value is -2.72. The van der Waals surface area contributed by atoms with Crippen LogP contribution in [0.4, 0.5) is 19.1 Å². The summed E-state index contributed by atoms with van der Waals surface area (Å²) in [5, 5.41) is 0. The zero-order valence-corrected chi connectivity index (χ0v) is 16.4. The molecule has 2 aromatic rings. The van der Waals surface area contributed by atoms with Gasteiger partial charge in [-0.05, 0) is 5.56 Å². The Morgan fingerprint density at radius 1 is 1.10 bits per heavy atom. The molecule has 1 aromatic heterocycles. The van der Waals surface area contributed by atoms with Crippen LogP contribution in [0, 0.1) is 0 Å². The number of alkyl halides is 3. The molecule has 0 spiro atoms. The fourth-order valence-corrected chi connectivity index (χ4v) is 3.10. The van der Waals surface area contributed by atoms with Gasteiger partial charge in [0.25, 0.3) is 0 Å². The van der Waals surface area contributed by atoms with Gasteiger partial charge in [0.2, 0.25) is 11.9 Å². The number of carbonyl (C=O) groups is 1. The first kappa shape index (κ1) is 22.0. The van der Waals surface area contributed by atoms with Gasteiger partial charge in [0, 0.05) is 51.0 Å². The van der Waals surface area contributed by atoms with Crippen LogP contribution in [-0.2, 0) is 22.3 Å². The van der Waals surface area contributed by atoms with Crippen molar-refractivity contribution in [3.8, 4) is 0 Å². The van der Waals surface area contributed by atoms with E-state index >= 15 is 0 Å². The first-order valence-corrected chi connectivity index (χ1v) is 9.62. The molecule has 2 N–H and O–H groups in total. The van der Waals surface area contributed by atoms with Gasteiger partial charge in [-0.1, -0.05) is 30.3 Å². The predicted molar refractivity (Wildman–Crippen MR) is 105 cm³/mol. The van der Waals surface area contributed by atoms with Gasteiger partial charge < -0.3 is 20.3 Å². The maximum atomic E-state index is 12.6. The van der Waals surface area contributed by atoms with Crippen molar-refractivity contribution in [1.82, 2.24) is 14.9 Å². The maximum Gasteiger partial charge on any atom is 0.419 e. The highest BCUT2D eigenvalue weighted by molar-refractivity contribution is 5.77. The van der Waals surface area contributed by atoms with Crippen LogP contribution in [0.3, 0.4) is 0 Å². The molecule has 0 bridgehead atoms. The van der Waals surface area contributed by atoms with Gasteiger partial charge in [0.05, 0.1) is 18.8 Å². The second-order valence-corrected chi connectivity index (χ2v) is 7.10. The zero-order chi connectivity index (χ0) is 21.6. The molecule has 1 aromatic carbocycles. The Bertz CT molecular complexity index is 809. The topological polar surface area (TPSA) is 84.6 Å². The fourth-order valence-electron chi connectivity index (χ4n) is 3.10. The van der Waals surface area contributed by atoms with Crippen LogP contribution in [0.2, 0.25) is 0 Å². The largest absolute Gasteiger partial charge is 0.419 e. The van der Waals surface area contributed by atoms with Crippen molar-refractivity contribution in [3.05, 3.63) is 53.9 Å². The number of ether oxygens (including phenoxy) is 1. The third-order valence-corrected chi connectivity index (χ3v) is 4.76. The Labute approximate surface area is 172 Å². The zero-order valence-electron chi connectivity index (χ0n) is 16.4. The molecule has 3 rings (SSSR count). The minimum Gasteiger partial charge on any atom is -0.375 e. The minimum atomic E-state index is -4.47. The summed E-state index contributed by atoms with van der Waals surface area (Å²) in [5.41, 5.74) is 6.17. The number of carbonyl (C=O) groups excluding carboxylic acids is 1. The quantitative estimate of drug-likeness (QED) is 0.734. The molecular weight excluding hydrogens is 399 g/mol. The van der Waals surface area contributed by atoms with E-state index in [0.29, 0.717) is 32.8 Å². The molecule has 0 saturated carbocycles. The number of halogens is 3. The SMILES string of the molecule is N[C@@H](COCc1ccccc1)CC(=O)N1CCN(c2ncc(C(F)(F)F)cn2)CC1. The lowest BCUT2D eigenvalue weighted by Gasteiger charge is -2.35. The summed E-state index contributed by atoms with van der Waals surface area (Å²) in [7, 11) is 0. The summed E-state index contributed by atoms with van der Waals surface area (Å²) in [6.45, 7) is 2.46. The number of anilines is 1. The molecule has 162 valence electrons. The third kappa shape index (κ3) is 6.14. The molecule has 1 amide bonds. The van der Waals surface area contributed by atoms with Gasteiger partial charge >= 0.3 is 6.18 Å². The molecule has 0 unspecified atom stereocenters. The Kier molecular flexibility index (Phi) is 7.22. The van der Waals surface area contributed by atoms with Gasteiger partial charge in [-0.25, -0.2) is 9.97 Å². The number of benzene rings is 1. The van der Waals surface area contributed by atoms with Crippen LogP contribution in [0.15, 0.2) is 42.7 Å². The smallest absolute Gasteiger partial charge is 0.375 e. The number of amides is 1. The standard InChI is InChI=1S/C20H24F3N5O2/c21-20(22,23)16-11-25-19(26-12-16)28-8-6-27(7-9-28)18(29)10-17(24)14-30-13-15-4-2-1-3-5-15/h1-5,11-12,17H,6-10,13-14,24H2/t17-/m1/s1. The van der Waals surface area contributed by atoms with E-state index in [-0.39, 0.29) is 24.9 Å². The van der Waals surface area contributed by atoms with Gasteiger partial charge in [0.15, 0.2) is 0 Å². The Balaban J connectivity index is 1.40. The van der Waals surface area contributed by atoms with Crippen LogP contribution < -0.4 is 10.6 Å². The average molecular weight is 423 g/mol. The van der Waals surface area contributed by atoms with E-state index in [1.807, 2.05) is 30.3 Å². The lowest BCUT2D eigenvalue weighted by Crippen LogP contribution is -2.50. The lowest BCUT2D eigenvalue weighted by molar-refractivity contribution is -0.138. The van der Waals surface area contributed by atoms with E-state index in [1.165, 1.54) is 0 Å². The highest BCUT2D eigenvalue weighted by Gasteiger charge is 2.32. The predicted octanol–water partition coefficient (Wildman–Crippen LogP) is 2.08. The van der Waals surface area contributed by atoms with E-state index in [2.05, 4.69) is 9.97 Å². The van der Waals surface area contributed by atoms with Crippen LogP contribution in [0.1, 0.15) is 17.5 Å². The number of rotatable bonds is 7. The molecular formula is C20H24F3N5O2. The third-order valence-electron chi connectivity index (χ3n) is 4.76. The Morgan fingerprint density at radius 3 is 2.33 bits per heavy atom. The monoisotopic (exact) mass is 423 g/mol. The Morgan fingerprint density at radius 2 is 1.73 bits per heavy atom. The van der Waals surface area contributed by atoms with Gasteiger partial charge in [-0.2, -0.15) is 13.2 Å². The van der Waals surface area contributed by atoms with E-state index < -0.39 is 17.8 Å². The van der Waals surface area contributed by atoms with Crippen LogP contribution in [-0.4, -0.2) is 59.6 Å². The fraction of sp³-hybridized carbons (Fsp3) is 0.450. The van der Waals surface area contributed by atoms with E-state index in [4.69, 9.17) is 10.5 Å². The molecule has 1 aliphatic rings. The maximum absolute atomic E-state index is 12.6. The molecule has 1 fully saturated rings. The average Bonchev–Trinajstić information content (AvgIpc) is 2.74. The summed E-state index contributed by atoms with van der Waals surface area (Å²) in [6.07, 6.45) is -2.75. The molecule has 1 aliphatic heterocycles. The van der Waals surface area contributed by atoms with E-state index in [9.17, 15) is 18.0 Å². The molecule has 1 saturated heterocycles. The van der Waals surface area contributed by atoms with Crippen LogP contribution >= 0.6 is 0 Å². The second-order valence-electron chi connectivity index (χ2n) is 7.10. The molecule has 0 radical (unpaired) electrons. The van der Waals surface area contributed by atoms with Crippen molar-refractivity contribution in [2.75, 3.05) is 37.7 Å². The number of piperazine rings is 1. The molecule has 30 heavy (non-hydrogen) atoms. The highest BCUT2D eigenvalue weighted by Crippen LogP contribution is 2.28. The summed E-state index contributed by atoms with van der Waals surface area (Å²) < 4.78 is 43.4. The van der Waals surface area contributed by atoms with Crippen molar-refractivity contribution >= 4 is 11.9 Å². The lowest BCUT2D eigenvalue weighted by atomic mass is 10.2. The van der Waals surface area contributed by atoms with Gasteiger partial charge in [0.1, 0.15) is 0 Å². The van der Waals surface area contributed by atoms with E-state index in [0.717, 1.165) is 18.0 Å².